The largest absolute Gasteiger partial charge is 0.366 e. The number of rotatable bonds is 5. The fraction of sp³-hybridized carbons (Fsp3) is 0.556. The number of nitrogens with two attached hydrogens (primary N) is 1. The van der Waals surface area contributed by atoms with Crippen molar-refractivity contribution in [1.82, 2.24) is 14.8 Å². The van der Waals surface area contributed by atoms with Crippen molar-refractivity contribution in [2.24, 2.45) is 5.73 Å². The van der Waals surface area contributed by atoms with Crippen LogP contribution >= 0.6 is 0 Å². The zero-order valence-electron chi connectivity index (χ0n) is 19.1. The van der Waals surface area contributed by atoms with E-state index in [1.807, 2.05) is 6.07 Å². The van der Waals surface area contributed by atoms with Gasteiger partial charge in [0, 0.05) is 31.9 Å². The highest BCUT2D eigenvalue weighted by Gasteiger charge is 2.26. The second-order valence-electron chi connectivity index (χ2n) is 9.96. The summed E-state index contributed by atoms with van der Waals surface area (Å²) in [6, 6.07) is 11.9. The number of fused-ring (bicyclic) bond motifs is 1. The second kappa shape index (κ2) is 9.72. The number of hydrogen-bond acceptors (Lipinski definition) is 4. The molecule has 32 heavy (non-hydrogen) atoms. The Morgan fingerprint density at radius 3 is 2.38 bits per heavy atom. The SMILES string of the molecule is NC(=O)c1ccc(CN2CCC(c3ccc4c(c3)CCN(C3CCCC3)CC4)CC2)nc1. The molecule has 2 aliphatic heterocycles. The molecule has 0 bridgehead atoms. The summed E-state index contributed by atoms with van der Waals surface area (Å²) in [7, 11) is 0. The number of carbonyl (C=O) groups is 1. The maximum Gasteiger partial charge on any atom is 0.250 e. The van der Waals surface area contributed by atoms with Gasteiger partial charge >= 0.3 is 0 Å². The van der Waals surface area contributed by atoms with Crippen LogP contribution in [0.1, 0.15) is 77.2 Å². The fourth-order valence-corrected chi connectivity index (χ4v) is 5.97. The Morgan fingerprint density at radius 1 is 0.938 bits per heavy atom. The predicted octanol–water partition coefficient (Wildman–Crippen LogP) is 3.90. The molecule has 0 unspecified atom stereocenters. The van der Waals surface area contributed by atoms with E-state index in [4.69, 9.17) is 5.73 Å². The number of benzene rings is 1. The van der Waals surface area contributed by atoms with E-state index in [-0.39, 0.29) is 0 Å². The minimum Gasteiger partial charge on any atom is -0.366 e. The van der Waals surface area contributed by atoms with Gasteiger partial charge in [-0.15, -0.1) is 0 Å². The summed E-state index contributed by atoms with van der Waals surface area (Å²) in [5.41, 5.74) is 11.5. The number of amides is 1. The van der Waals surface area contributed by atoms with Crippen molar-refractivity contribution in [3.05, 3.63) is 64.5 Å². The third kappa shape index (κ3) is 4.89. The monoisotopic (exact) mass is 432 g/mol. The summed E-state index contributed by atoms with van der Waals surface area (Å²) in [6.07, 6.45) is 12.1. The van der Waals surface area contributed by atoms with Crippen molar-refractivity contribution in [2.75, 3.05) is 26.2 Å². The molecule has 2 N–H and O–H groups in total. The van der Waals surface area contributed by atoms with Gasteiger partial charge in [-0.3, -0.25) is 19.6 Å². The topological polar surface area (TPSA) is 62.5 Å². The molecule has 3 aliphatic rings. The molecule has 1 saturated carbocycles. The van der Waals surface area contributed by atoms with Crippen LogP contribution < -0.4 is 5.73 Å². The van der Waals surface area contributed by atoms with Crippen molar-refractivity contribution in [1.29, 1.82) is 0 Å². The molecule has 5 rings (SSSR count). The Labute approximate surface area is 192 Å². The van der Waals surface area contributed by atoms with Gasteiger partial charge in [0.1, 0.15) is 0 Å². The molecule has 2 fully saturated rings. The van der Waals surface area contributed by atoms with Crippen LogP contribution in [0.5, 0.6) is 0 Å². The average Bonchev–Trinajstić information content (AvgIpc) is 3.27. The molecule has 1 aromatic carbocycles. The Balaban J connectivity index is 1.16. The van der Waals surface area contributed by atoms with E-state index in [2.05, 4.69) is 33.0 Å². The van der Waals surface area contributed by atoms with Crippen molar-refractivity contribution >= 4 is 5.91 Å². The highest BCUT2D eigenvalue weighted by atomic mass is 16.1. The first-order valence-electron chi connectivity index (χ1n) is 12.5. The lowest BCUT2D eigenvalue weighted by molar-refractivity contribution is 0.1000. The molecule has 0 atom stereocenters. The van der Waals surface area contributed by atoms with Crippen LogP contribution in [0.3, 0.4) is 0 Å². The quantitative estimate of drug-likeness (QED) is 0.778. The third-order valence-corrected chi connectivity index (χ3v) is 7.96. The molecular formula is C27H36N4O. The molecule has 170 valence electrons. The van der Waals surface area contributed by atoms with Crippen molar-refractivity contribution < 1.29 is 4.79 Å². The summed E-state index contributed by atoms with van der Waals surface area (Å²) in [4.78, 5) is 20.9. The van der Waals surface area contributed by atoms with Gasteiger partial charge in [-0.1, -0.05) is 31.0 Å². The number of nitrogens with zero attached hydrogens (tertiary/aromatic N) is 3. The molecule has 3 heterocycles. The van der Waals surface area contributed by atoms with E-state index in [1.54, 1.807) is 29.0 Å². The summed E-state index contributed by atoms with van der Waals surface area (Å²) in [6.45, 7) is 5.50. The molecule has 0 spiro atoms. The first kappa shape index (κ1) is 21.6. The van der Waals surface area contributed by atoms with Crippen LogP contribution in [0.4, 0.5) is 0 Å². The molecule has 0 radical (unpaired) electrons. The van der Waals surface area contributed by atoms with Gasteiger partial charge in [-0.05, 0) is 86.4 Å². The van der Waals surface area contributed by atoms with Crippen molar-refractivity contribution in [3.8, 4) is 0 Å². The number of pyridine rings is 1. The van der Waals surface area contributed by atoms with Crippen molar-refractivity contribution in [3.63, 3.8) is 0 Å². The van der Waals surface area contributed by atoms with Gasteiger partial charge in [-0.25, -0.2) is 0 Å². The molecule has 1 amide bonds. The van der Waals surface area contributed by atoms with Gasteiger partial charge in [0.05, 0.1) is 11.3 Å². The molecule has 1 aliphatic carbocycles. The normalized spacial score (nSPS) is 21.4. The zero-order valence-corrected chi connectivity index (χ0v) is 19.1. The van der Waals surface area contributed by atoms with Crippen LogP contribution in [0.25, 0.3) is 0 Å². The third-order valence-electron chi connectivity index (χ3n) is 7.96. The number of aromatic nitrogens is 1. The molecule has 5 heteroatoms. The van der Waals surface area contributed by atoms with Gasteiger partial charge in [-0.2, -0.15) is 0 Å². The molecular weight excluding hydrogens is 396 g/mol. The number of primary amides is 1. The molecule has 1 saturated heterocycles. The highest BCUT2D eigenvalue weighted by molar-refractivity contribution is 5.92. The van der Waals surface area contributed by atoms with Gasteiger partial charge in [0.2, 0.25) is 5.91 Å². The molecule has 2 aromatic rings. The predicted molar refractivity (Wildman–Crippen MR) is 128 cm³/mol. The van der Waals surface area contributed by atoms with Crippen LogP contribution in [0.15, 0.2) is 36.5 Å². The Kier molecular flexibility index (Phi) is 6.56. The first-order valence-corrected chi connectivity index (χ1v) is 12.5. The first-order chi connectivity index (χ1) is 15.7. The highest BCUT2D eigenvalue weighted by Crippen LogP contribution is 2.32. The maximum atomic E-state index is 11.2. The summed E-state index contributed by atoms with van der Waals surface area (Å²) < 4.78 is 0. The average molecular weight is 433 g/mol. The zero-order chi connectivity index (χ0) is 21.9. The fourth-order valence-electron chi connectivity index (χ4n) is 5.97. The van der Waals surface area contributed by atoms with Crippen LogP contribution in [-0.4, -0.2) is 52.9 Å². The maximum absolute atomic E-state index is 11.2. The van der Waals surface area contributed by atoms with Gasteiger partial charge in [0.15, 0.2) is 0 Å². The second-order valence-corrected chi connectivity index (χ2v) is 9.96. The number of carbonyl (C=O) groups excluding carboxylic acids is 1. The van der Waals surface area contributed by atoms with Crippen LogP contribution in [-0.2, 0) is 19.4 Å². The minimum absolute atomic E-state index is 0.420. The van der Waals surface area contributed by atoms with Crippen LogP contribution in [0, 0.1) is 0 Å². The van der Waals surface area contributed by atoms with Gasteiger partial charge in [0.25, 0.3) is 0 Å². The van der Waals surface area contributed by atoms with E-state index >= 15 is 0 Å². The number of likely N-dealkylation sites (tertiary alicyclic amines) is 1. The van der Waals surface area contributed by atoms with E-state index < -0.39 is 5.91 Å². The minimum atomic E-state index is -0.420. The Bertz CT molecular complexity index is 927. The molecule has 5 nitrogen and oxygen atoms in total. The van der Waals surface area contributed by atoms with E-state index in [1.165, 1.54) is 64.5 Å². The Morgan fingerprint density at radius 2 is 1.69 bits per heavy atom. The van der Waals surface area contributed by atoms with Crippen LogP contribution in [0.2, 0.25) is 0 Å². The number of piperidine rings is 1. The summed E-state index contributed by atoms with van der Waals surface area (Å²) in [5, 5.41) is 0. The summed E-state index contributed by atoms with van der Waals surface area (Å²) >= 11 is 0. The van der Waals surface area contributed by atoms with E-state index in [9.17, 15) is 4.79 Å². The smallest absolute Gasteiger partial charge is 0.250 e. The van der Waals surface area contributed by atoms with Gasteiger partial charge < -0.3 is 5.73 Å². The van der Waals surface area contributed by atoms with Crippen molar-refractivity contribution in [2.45, 2.75) is 69.9 Å². The van der Waals surface area contributed by atoms with E-state index in [0.29, 0.717) is 11.5 Å². The molecule has 1 aromatic heterocycles. The lowest BCUT2D eigenvalue weighted by Crippen LogP contribution is -2.35. The lowest BCUT2D eigenvalue weighted by atomic mass is 9.87. The Hall–Kier alpha value is -2.24. The number of hydrogen-bond donors (Lipinski definition) is 1. The lowest BCUT2D eigenvalue weighted by Gasteiger charge is -2.32. The van der Waals surface area contributed by atoms with E-state index in [0.717, 1.165) is 31.4 Å². The standard InChI is InChI=1S/C27H36N4O/c28-27(32)24-7-8-25(29-18-24)19-30-13-9-21(10-14-30)22-6-5-20-11-15-31(16-12-23(20)17-22)26-3-1-2-4-26/h5-8,17-18,21,26H,1-4,9-16,19H2,(H2,28,32). The summed E-state index contributed by atoms with van der Waals surface area (Å²) in [5.74, 6) is 0.243.